The van der Waals surface area contributed by atoms with Gasteiger partial charge in [-0.1, -0.05) is 13.8 Å². The van der Waals surface area contributed by atoms with Crippen LogP contribution in [0.1, 0.15) is 35.9 Å². The van der Waals surface area contributed by atoms with E-state index in [4.69, 9.17) is 4.98 Å². The Bertz CT molecular complexity index is 558. The van der Waals surface area contributed by atoms with E-state index in [-0.39, 0.29) is 0 Å². The third-order valence-corrected chi connectivity index (χ3v) is 4.29. The maximum absolute atomic E-state index is 4.81. The van der Waals surface area contributed by atoms with Crippen LogP contribution in [0.5, 0.6) is 0 Å². The minimum absolute atomic E-state index is 0.454. The van der Waals surface area contributed by atoms with Gasteiger partial charge in [-0.15, -0.1) is 11.3 Å². The van der Waals surface area contributed by atoms with Crippen molar-refractivity contribution >= 4 is 16.5 Å². The van der Waals surface area contributed by atoms with E-state index in [1.165, 1.54) is 16.1 Å². The molecule has 20 heavy (non-hydrogen) atoms. The molecule has 2 rings (SSSR count). The van der Waals surface area contributed by atoms with Gasteiger partial charge in [-0.2, -0.15) is 5.10 Å². The SMILES string of the molecule is CNCc1sc(N(C)Cc2cnn(C)c2)nc1C(C)C. The number of hydrogen-bond donors (Lipinski definition) is 1. The maximum Gasteiger partial charge on any atom is 0.185 e. The van der Waals surface area contributed by atoms with Crippen molar-refractivity contribution in [3.8, 4) is 0 Å². The summed E-state index contributed by atoms with van der Waals surface area (Å²) >= 11 is 1.77. The molecule has 110 valence electrons. The van der Waals surface area contributed by atoms with Crippen LogP contribution in [0.25, 0.3) is 0 Å². The average Bonchev–Trinajstić information content (AvgIpc) is 2.96. The van der Waals surface area contributed by atoms with Crippen molar-refractivity contribution in [2.45, 2.75) is 32.9 Å². The van der Waals surface area contributed by atoms with Crippen LogP contribution >= 0.6 is 11.3 Å². The summed E-state index contributed by atoms with van der Waals surface area (Å²) < 4.78 is 1.83. The maximum atomic E-state index is 4.81. The topological polar surface area (TPSA) is 46.0 Å². The van der Waals surface area contributed by atoms with Crippen LogP contribution in [0.2, 0.25) is 0 Å². The number of rotatable bonds is 6. The van der Waals surface area contributed by atoms with Crippen molar-refractivity contribution in [3.63, 3.8) is 0 Å². The fourth-order valence-electron chi connectivity index (χ4n) is 2.15. The van der Waals surface area contributed by atoms with Crippen LogP contribution in [0.3, 0.4) is 0 Å². The molecule has 0 spiro atoms. The van der Waals surface area contributed by atoms with Gasteiger partial charge in [0.05, 0.1) is 11.9 Å². The highest BCUT2D eigenvalue weighted by Gasteiger charge is 2.16. The zero-order valence-corrected chi connectivity index (χ0v) is 13.7. The zero-order chi connectivity index (χ0) is 14.7. The second-order valence-corrected chi connectivity index (χ2v) is 6.43. The monoisotopic (exact) mass is 293 g/mol. The van der Waals surface area contributed by atoms with Gasteiger partial charge >= 0.3 is 0 Å². The number of aromatic nitrogens is 3. The zero-order valence-electron chi connectivity index (χ0n) is 12.8. The number of hydrogen-bond acceptors (Lipinski definition) is 5. The number of aryl methyl sites for hydroxylation is 1. The number of nitrogens with one attached hydrogen (secondary N) is 1. The van der Waals surface area contributed by atoms with Crippen molar-refractivity contribution in [1.29, 1.82) is 0 Å². The molecular formula is C14H23N5S. The third kappa shape index (κ3) is 3.37. The van der Waals surface area contributed by atoms with Gasteiger partial charge in [0.2, 0.25) is 0 Å². The highest BCUT2D eigenvalue weighted by molar-refractivity contribution is 7.15. The molecule has 2 heterocycles. The van der Waals surface area contributed by atoms with E-state index in [0.717, 1.165) is 18.2 Å². The van der Waals surface area contributed by atoms with E-state index in [0.29, 0.717) is 5.92 Å². The van der Waals surface area contributed by atoms with Gasteiger partial charge in [0.15, 0.2) is 5.13 Å². The number of thiazole rings is 1. The summed E-state index contributed by atoms with van der Waals surface area (Å²) in [5, 5.41) is 8.50. The summed E-state index contributed by atoms with van der Waals surface area (Å²) in [6.45, 7) is 6.10. The van der Waals surface area contributed by atoms with Gasteiger partial charge in [-0.3, -0.25) is 4.68 Å². The van der Waals surface area contributed by atoms with Gasteiger partial charge in [0.25, 0.3) is 0 Å². The molecule has 0 aliphatic carbocycles. The van der Waals surface area contributed by atoms with Crippen LogP contribution in [0, 0.1) is 0 Å². The van der Waals surface area contributed by atoms with Crippen LogP contribution in [-0.4, -0.2) is 28.9 Å². The minimum atomic E-state index is 0.454. The van der Waals surface area contributed by atoms with Crippen LogP contribution in [-0.2, 0) is 20.1 Å². The largest absolute Gasteiger partial charge is 0.347 e. The van der Waals surface area contributed by atoms with E-state index in [1.54, 1.807) is 11.3 Å². The van der Waals surface area contributed by atoms with Gasteiger partial charge < -0.3 is 10.2 Å². The molecule has 0 aromatic carbocycles. The predicted molar refractivity (Wildman–Crippen MR) is 84.3 cm³/mol. The number of nitrogens with zero attached hydrogens (tertiary/aromatic N) is 4. The molecule has 0 radical (unpaired) electrons. The highest BCUT2D eigenvalue weighted by Crippen LogP contribution is 2.30. The molecule has 5 nitrogen and oxygen atoms in total. The van der Waals surface area contributed by atoms with Crippen molar-refractivity contribution in [2.24, 2.45) is 7.05 Å². The average molecular weight is 293 g/mol. The Hall–Kier alpha value is -1.40. The first-order chi connectivity index (χ1) is 9.51. The Morgan fingerprint density at radius 1 is 1.45 bits per heavy atom. The van der Waals surface area contributed by atoms with E-state index in [1.807, 2.05) is 31.2 Å². The third-order valence-electron chi connectivity index (χ3n) is 3.11. The fourth-order valence-corrected chi connectivity index (χ4v) is 3.33. The van der Waals surface area contributed by atoms with Crippen LogP contribution in [0.15, 0.2) is 12.4 Å². The lowest BCUT2D eigenvalue weighted by molar-refractivity contribution is 0.765. The van der Waals surface area contributed by atoms with Crippen molar-refractivity contribution < 1.29 is 0 Å². The van der Waals surface area contributed by atoms with E-state index < -0.39 is 0 Å². The molecule has 0 bridgehead atoms. The van der Waals surface area contributed by atoms with Gasteiger partial charge in [0.1, 0.15) is 0 Å². The van der Waals surface area contributed by atoms with Crippen molar-refractivity contribution in [1.82, 2.24) is 20.1 Å². The Kier molecular flexibility index (Phi) is 4.77. The van der Waals surface area contributed by atoms with Gasteiger partial charge in [-0.05, 0) is 13.0 Å². The smallest absolute Gasteiger partial charge is 0.185 e. The highest BCUT2D eigenvalue weighted by atomic mass is 32.1. The molecule has 0 unspecified atom stereocenters. The molecule has 0 aliphatic rings. The molecule has 6 heteroatoms. The van der Waals surface area contributed by atoms with Crippen LogP contribution < -0.4 is 10.2 Å². The lowest BCUT2D eigenvalue weighted by atomic mass is 10.1. The Balaban J connectivity index is 2.16. The second-order valence-electron chi connectivity index (χ2n) is 5.37. The first-order valence-electron chi connectivity index (χ1n) is 6.84. The summed E-state index contributed by atoms with van der Waals surface area (Å²) in [6, 6.07) is 0. The molecular weight excluding hydrogens is 270 g/mol. The Labute approximate surface area is 124 Å². The lowest BCUT2D eigenvalue weighted by Gasteiger charge is -2.14. The molecule has 0 atom stereocenters. The first-order valence-corrected chi connectivity index (χ1v) is 7.65. The van der Waals surface area contributed by atoms with E-state index in [9.17, 15) is 0 Å². The molecule has 2 aromatic heterocycles. The summed E-state index contributed by atoms with van der Waals surface area (Å²) in [5.74, 6) is 0.454. The molecule has 0 aliphatic heterocycles. The normalized spacial score (nSPS) is 11.3. The summed E-state index contributed by atoms with van der Waals surface area (Å²) in [6.07, 6.45) is 3.95. The fraction of sp³-hybridized carbons (Fsp3) is 0.571. The molecule has 2 aromatic rings. The second kappa shape index (κ2) is 6.37. The lowest BCUT2D eigenvalue weighted by Crippen LogP contribution is -2.15. The predicted octanol–water partition coefficient (Wildman–Crippen LogP) is 2.36. The number of anilines is 1. The molecule has 0 saturated carbocycles. The summed E-state index contributed by atoms with van der Waals surface area (Å²) in [4.78, 5) is 8.32. The van der Waals surface area contributed by atoms with Gasteiger partial charge in [0, 0.05) is 43.8 Å². The van der Waals surface area contributed by atoms with E-state index in [2.05, 4.69) is 36.2 Å². The minimum Gasteiger partial charge on any atom is -0.347 e. The van der Waals surface area contributed by atoms with Crippen molar-refractivity contribution in [3.05, 3.63) is 28.5 Å². The first kappa shape index (κ1) is 15.0. The molecule has 0 fully saturated rings. The molecule has 0 amide bonds. The standard InChI is InChI=1S/C14H23N5S/c1-10(2)13-12(7-15-3)20-14(17-13)18(4)8-11-6-16-19(5)9-11/h6,9-10,15H,7-8H2,1-5H3. The quantitative estimate of drug-likeness (QED) is 0.888. The summed E-state index contributed by atoms with van der Waals surface area (Å²) in [7, 11) is 6.00. The van der Waals surface area contributed by atoms with Crippen molar-refractivity contribution in [2.75, 3.05) is 19.0 Å². The van der Waals surface area contributed by atoms with Gasteiger partial charge in [-0.25, -0.2) is 4.98 Å². The Morgan fingerprint density at radius 2 is 2.20 bits per heavy atom. The van der Waals surface area contributed by atoms with E-state index >= 15 is 0 Å². The Morgan fingerprint density at radius 3 is 2.75 bits per heavy atom. The molecule has 0 saturated heterocycles. The van der Waals surface area contributed by atoms with Crippen LogP contribution in [0.4, 0.5) is 5.13 Å². The summed E-state index contributed by atoms with van der Waals surface area (Å²) in [5.41, 5.74) is 2.41. The molecule has 1 N–H and O–H groups in total.